The predicted octanol–water partition coefficient (Wildman–Crippen LogP) is 1.26. The second-order valence-corrected chi connectivity index (χ2v) is 5.34. The number of thioether (sulfide) groups is 1. The van der Waals surface area contributed by atoms with Crippen LogP contribution in [-0.2, 0) is 14.3 Å². The molecule has 0 radical (unpaired) electrons. The zero-order valence-corrected chi connectivity index (χ0v) is 13.3. The second kappa shape index (κ2) is 7.64. The molecule has 0 aliphatic rings. The molecule has 0 bridgehead atoms. The Hall–Kier alpha value is -2.07. The van der Waals surface area contributed by atoms with Crippen molar-refractivity contribution < 1.29 is 14.3 Å². The molecule has 0 aliphatic heterocycles. The van der Waals surface area contributed by atoms with Crippen molar-refractivity contribution in [3.8, 4) is 6.07 Å². The van der Waals surface area contributed by atoms with E-state index in [0.29, 0.717) is 10.6 Å². The summed E-state index contributed by atoms with van der Waals surface area (Å²) in [6, 6.07) is 2.13. The molecule has 6 nitrogen and oxygen atoms in total. The molecule has 0 fully saturated rings. The minimum atomic E-state index is -0.508. The number of hydrogen-bond donors (Lipinski definition) is 1. The maximum Gasteiger partial charge on any atom is 0.325 e. The summed E-state index contributed by atoms with van der Waals surface area (Å²) in [7, 11) is 1.25. The third kappa shape index (κ3) is 4.46. The number of nitrogens with zero attached hydrogens (tertiary/aromatic N) is 2. The SMILES string of the molecule is COC(=O)CNC(=O)CSc1nc(C)c(C)c(C)c1C#N. The molecule has 21 heavy (non-hydrogen) atoms. The fourth-order valence-corrected chi connectivity index (χ4v) is 2.49. The molecule has 0 saturated heterocycles. The molecule has 0 saturated carbocycles. The van der Waals surface area contributed by atoms with E-state index in [1.54, 1.807) is 0 Å². The second-order valence-electron chi connectivity index (χ2n) is 4.38. The molecule has 1 aromatic heterocycles. The number of hydrogen-bond acceptors (Lipinski definition) is 6. The monoisotopic (exact) mass is 307 g/mol. The van der Waals surface area contributed by atoms with Crippen molar-refractivity contribution in [2.45, 2.75) is 25.8 Å². The number of aromatic nitrogens is 1. The van der Waals surface area contributed by atoms with E-state index < -0.39 is 5.97 Å². The number of methoxy groups -OCH3 is 1. The Morgan fingerprint density at radius 1 is 1.33 bits per heavy atom. The van der Waals surface area contributed by atoms with Gasteiger partial charge in [-0.15, -0.1) is 0 Å². The molecule has 7 heteroatoms. The number of aryl methyl sites for hydroxylation is 1. The largest absolute Gasteiger partial charge is 0.468 e. The Labute approximate surface area is 127 Å². The van der Waals surface area contributed by atoms with E-state index in [0.717, 1.165) is 16.8 Å². The lowest BCUT2D eigenvalue weighted by molar-refractivity contribution is -0.140. The van der Waals surface area contributed by atoms with Gasteiger partial charge in [-0.3, -0.25) is 9.59 Å². The van der Waals surface area contributed by atoms with Gasteiger partial charge in [-0.1, -0.05) is 11.8 Å². The standard InChI is InChI=1S/C14H17N3O3S/c1-8-9(2)11(5-15)14(17-10(8)3)21-7-12(18)16-6-13(19)20-4/h6-7H2,1-4H3,(H,16,18). The van der Waals surface area contributed by atoms with E-state index in [2.05, 4.69) is 21.1 Å². The fourth-order valence-electron chi connectivity index (χ4n) is 1.58. The van der Waals surface area contributed by atoms with Crippen LogP contribution < -0.4 is 5.32 Å². The van der Waals surface area contributed by atoms with Gasteiger partial charge in [0, 0.05) is 5.69 Å². The van der Waals surface area contributed by atoms with Gasteiger partial charge in [-0.2, -0.15) is 5.26 Å². The van der Waals surface area contributed by atoms with Crippen LogP contribution in [0.5, 0.6) is 0 Å². The third-order valence-corrected chi connectivity index (χ3v) is 4.05. The Kier molecular flexibility index (Phi) is 6.18. The summed E-state index contributed by atoms with van der Waals surface area (Å²) >= 11 is 1.18. The van der Waals surface area contributed by atoms with E-state index >= 15 is 0 Å². The summed E-state index contributed by atoms with van der Waals surface area (Å²) in [5, 5.41) is 12.2. The first-order valence-corrected chi connectivity index (χ1v) is 7.23. The van der Waals surface area contributed by atoms with Gasteiger partial charge in [0.15, 0.2) is 0 Å². The zero-order chi connectivity index (χ0) is 16.0. The quantitative estimate of drug-likeness (QED) is 0.650. The van der Waals surface area contributed by atoms with Crippen LogP contribution in [0.15, 0.2) is 5.03 Å². The van der Waals surface area contributed by atoms with Crippen LogP contribution in [0.2, 0.25) is 0 Å². The van der Waals surface area contributed by atoms with Crippen molar-refractivity contribution in [2.75, 3.05) is 19.4 Å². The van der Waals surface area contributed by atoms with Crippen LogP contribution in [-0.4, -0.2) is 36.3 Å². The Morgan fingerprint density at radius 3 is 2.57 bits per heavy atom. The molecule has 1 N–H and O–H groups in total. The summed E-state index contributed by atoms with van der Waals surface area (Å²) in [5.74, 6) is -0.737. The third-order valence-electron chi connectivity index (χ3n) is 3.07. The van der Waals surface area contributed by atoms with E-state index in [4.69, 9.17) is 0 Å². The van der Waals surface area contributed by atoms with Crippen molar-refractivity contribution in [2.24, 2.45) is 0 Å². The number of amides is 1. The van der Waals surface area contributed by atoms with E-state index in [9.17, 15) is 14.9 Å². The number of esters is 1. The van der Waals surface area contributed by atoms with Crippen molar-refractivity contribution in [1.82, 2.24) is 10.3 Å². The lowest BCUT2D eigenvalue weighted by Crippen LogP contribution is -2.31. The van der Waals surface area contributed by atoms with Gasteiger partial charge in [0.1, 0.15) is 17.6 Å². The predicted molar refractivity (Wildman–Crippen MR) is 78.9 cm³/mol. The smallest absolute Gasteiger partial charge is 0.325 e. The molecular weight excluding hydrogens is 290 g/mol. The molecule has 1 aromatic rings. The van der Waals surface area contributed by atoms with Gasteiger partial charge in [0.2, 0.25) is 5.91 Å². The fraction of sp³-hybridized carbons (Fsp3) is 0.429. The first-order valence-electron chi connectivity index (χ1n) is 6.24. The van der Waals surface area contributed by atoms with Crippen LogP contribution in [0.4, 0.5) is 0 Å². The maximum atomic E-state index is 11.6. The average Bonchev–Trinajstić information content (AvgIpc) is 2.48. The lowest BCUT2D eigenvalue weighted by Gasteiger charge is -2.11. The zero-order valence-electron chi connectivity index (χ0n) is 12.4. The molecule has 0 atom stereocenters. The summed E-state index contributed by atoms with van der Waals surface area (Å²) in [6.07, 6.45) is 0. The molecule has 0 aromatic carbocycles. The minimum absolute atomic E-state index is 0.0839. The van der Waals surface area contributed by atoms with Gasteiger partial charge in [0.05, 0.1) is 18.4 Å². The molecule has 0 unspecified atom stereocenters. The van der Waals surface area contributed by atoms with Gasteiger partial charge >= 0.3 is 5.97 Å². The topological polar surface area (TPSA) is 92.1 Å². The summed E-state index contributed by atoms with van der Waals surface area (Å²) < 4.78 is 4.43. The van der Waals surface area contributed by atoms with E-state index in [-0.39, 0.29) is 18.2 Å². The van der Waals surface area contributed by atoms with Gasteiger partial charge in [0.25, 0.3) is 0 Å². The first kappa shape index (κ1) is 17.0. The Bertz CT molecular complexity index is 608. The number of carbonyl (C=O) groups excluding carboxylic acids is 2. The van der Waals surface area contributed by atoms with Crippen LogP contribution >= 0.6 is 11.8 Å². The van der Waals surface area contributed by atoms with Crippen LogP contribution in [0, 0.1) is 32.1 Å². The summed E-state index contributed by atoms with van der Waals surface area (Å²) in [5.41, 5.74) is 3.18. The van der Waals surface area contributed by atoms with Crippen LogP contribution in [0.1, 0.15) is 22.4 Å². The summed E-state index contributed by atoms with van der Waals surface area (Å²) in [4.78, 5) is 26.9. The first-order chi connectivity index (χ1) is 9.90. The number of carbonyl (C=O) groups is 2. The van der Waals surface area contributed by atoms with E-state index in [1.165, 1.54) is 18.9 Å². The molecule has 112 valence electrons. The molecule has 1 amide bonds. The van der Waals surface area contributed by atoms with Crippen LogP contribution in [0.3, 0.4) is 0 Å². The molecule has 1 heterocycles. The highest BCUT2D eigenvalue weighted by molar-refractivity contribution is 8.00. The van der Waals surface area contributed by atoms with Gasteiger partial charge < -0.3 is 10.1 Å². The number of ether oxygens (including phenoxy) is 1. The molecular formula is C14H17N3O3S. The van der Waals surface area contributed by atoms with Gasteiger partial charge in [-0.05, 0) is 31.9 Å². The normalized spacial score (nSPS) is 9.86. The lowest BCUT2D eigenvalue weighted by atomic mass is 10.1. The Morgan fingerprint density at radius 2 is 2.00 bits per heavy atom. The molecule has 1 rings (SSSR count). The van der Waals surface area contributed by atoms with Crippen molar-refractivity contribution in [3.63, 3.8) is 0 Å². The number of nitrogens with one attached hydrogen (secondary N) is 1. The highest BCUT2D eigenvalue weighted by atomic mass is 32.2. The van der Waals surface area contributed by atoms with Crippen LogP contribution in [0.25, 0.3) is 0 Å². The average molecular weight is 307 g/mol. The van der Waals surface area contributed by atoms with Crippen molar-refractivity contribution in [1.29, 1.82) is 5.26 Å². The number of rotatable bonds is 5. The molecule has 0 spiro atoms. The minimum Gasteiger partial charge on any atom is -0.468 e. The van der Waals surface area contributed by atoms with Gasteiger partial charge in [-0.25, -0.2) is 4.98 Å². The number of pyridine rings is 1. The van der Waals surface area contributed by atoms with Crippen molar-refractivity contribution in [3.05, 3.63) is 22.4 Å². The van der Waals surface area contributed by atoms with Crippen molar-refractivity contribution >= 4 is 23.6 Å². The number of nitriles is 1. The molecule has 0 aliphatic carbocycles. The summed E-state index contributed by atoms with van der Waals surface area (Å²) in [6.45, 7) is 5.48. The maximum absolute atomic E-state index is 11.6. The highest BCUT2D eigenvalue weighted by Crippen LogP contribution is 2.26. The highest BCUT2D eigenvalue weighted by Gasteiger charge is 2.14. The van der Waals surface area contributed by atoms with E-state index in [1.807, 2.05) is 20.8 Å². The Balaban J connectivity index is 2.74.